The van der Waals surface area contributed by atoms with E-state index in [1.165, 1.54) is 12.1 Å². The quantitative estimate of drug-likeness (QED) is 0.0192. The first kappa shape index (κ1) is 77.5. The van der Waals surface area contributed by atoms with Gasteiger partial charge in [-0.3, -0.25) is 42.8 Å². The first-order valence-corrected chi connectivity index (χ1v) is 31.1. The molecule has 0 radical (unpaired) electrons. The summed E-state index contributed by atoms with van der Waals surface area (Å²) >= 11 is 5.18. The van der Waals surface area contributed by atoms with Crippen molar-refractivity contribution in [1.29, 1.82) is 10.5 Å². The van der Waals surface area contributed by atoms with Gasteiger partial charge in [0.05, 0.1) is 116 Å². The van der Waals surface area contributed by atoms with Crippen LogP contribution in [-0.2, 0) is 62.8 Å². The molecule has 504 valence electrons. The normalized spacial score (nSPS) is 10.1. The number of aromatic nitrogens is 6. The Morgan fingerprint density at radius 3 is 1.15 bits per heavy atom. The molecule has 101 heavy (non-hydrogen) atoms. The number of halogens is 1. The predicted molar refractivity (Wildman–Crippen MR) is 382 cm³/mol. The van der Waals surface area contributed by atoms with Crippen molar-refractivity contribution in [2.75, 3.05) is 29.6 Å². The van der Waals surface area contributed by atoms with Crippen molar-refractivity contribution in [2.24, 2.45) is 0 Å². The van der Waals surface area contributed by atoms with Crippen molar-refractivity contribution >= 4 is 102 Å². The number of hydrogen-bond acceptors (Lipinski definition) is 15. The Bertz CT molecular complexity index is 4960. The standard InChI is InChI=1S/C26H22N4O3.C24H18N4O3.C18H19N3O2.C8H4ClNO.CH4.Li.H2O/c1-2-33-25(31)15-23-22-5-3-4-6-24(22)30(29-23)17-19-9-13-21(14-10-19)28-26(32)20-11-7-18(16-27)8-12-20;25-14-16-5-9-18(10-6-16)24(31)26-19-11-7-17(8-12-19)15-28-22-4-2-1-3-20(22)21(27-28)13-23(29)30;1-2-23-18(22)11-16-15-5-3-4-6-17(15)21(20-16)12-13-7-9-14(19)10-8-13;1-10-7-4-2-6(3-5-7)8(9)11;;;/h3-14H,2,15,17H2,1H3,(H,28,32);1-12H,13,15H2,(H,26,31)(H,29,30);3-10H,2,11-12,19H2,1H3;2-5H;1H4;;1H2/q;;;;;+1;/p-1. The van der Waals surface area contributed by atoms with E-state index < -0.39 is 11.2 Å². The third-order valence-electron chi connectivity index (χ3n) is 14.9. The smallest absolute Gasteiger partial charge is 0.870 e. The van der Waals surface area contributed by atoms with Gasteiger partial charge < -0.3 is 36.4 Å². The summed E-state index contributed by atoms with van der Waals surface area (Å²) in [7, 11) is 0. The van der Waals surface area contributed by atoms with E-state index in [-0.39, 0.29) is 74.8 Å². The molecule has 3 heterocycles. The number of hydrogen-bond donors (Lipinski definition) is 4. The number of nitrogens with one attached hydrogen (secondary N) is 2. The van der Waals surface area contributed by atoms with Gasteiger partial charge in [0.25, 0.3) is 17.1 Å². The van der Waals surface area contributed by atoms with Gasteiger partial charge in [0.2, 0.25) is 0 Å². The van der Waals surface area contributed by atoms with E-state index in [1.54, 1.807) is 91.3 Å². The number of nitriles is 2. The molecule has 0 aliphatic rings. The number of fused-ring (bicyclic) bond motifs is 3. The molecule has 24 heteroatoms. The van der Waals surface area contributed by atoms with Gasteiger partial charge in [0.1, 0.15) is 0 Å². The molecule has 12 rings (SSSR count). The molecule has 0 saturated heterocycles. The number of carbonyl (C=O) groups is 6. The molecule has 2 amide bonds. The van der Waals surface area contributed by atoms with E-state index in [1.807, 2.05) is 155 Å². The first-order chi connectivity index (χ1) is 47.5. The number of amides is 2. The van der Waals surface area contributed by atoms with Gasteiger partial charge in [0, 0.05) is 49.9 Å². The van der Waals surface area contributed by atoms with E-state index in [0.717, 1.165) is 60.8 Å². The van der Waals surface area contributed by atoms with Crippen molar-refractivity contribution in [2.45, 2.75) is 60.2 Å². The molecule has 0 aliphatic heterocycles. The van der Waals surface area contributed by atoms with Crippen molar-refractivity contribution in [1.82, 2.24) is 29.3 Å². The number of benzene rings is 9. The molecule has 0 saturated carbocycles. The van der Waals surface area contributed by atoms with Gasteiger partial charge >= 0.3 is 36.8 Å². The Morgan fingerprint density at radius 2 is 0.832 bits per heavy atom. The van der Waals surface area contributed by atoms with Crippen LogP contribution in [0.5, 0.6) is 0 Å². The maximum Gasteiger partial charge on any atom is 1.00 e. The predicted octanol–water partition coefficient (Wildman–Crippen LogP) is 11.0. The fourth-order valence-corrected chi connectivity index (χ4v) is 10.3. The van der Waals surface area contributed by atoms with Crippen LogP contribution in [0.4, 0.5) is 22.7 Å². The van der Waals surface area contributed by atoms with Gasteiger partial charge in [0.15, 0.2) is 5.69 Å². The second-order valence-corrected chi connectivity index (χ2v) is 22.1. The monoisotopic (exact) mass is 1360 g/mol. The molecule has 6 N–H and O–H groups in total. The zero-order valence-corrected chi connectivity index (χ0v) is 55.3. The van der Waals surface area contributed by atoms with Crippen LogP contribution >= 0.6 is 11.6 Å². The Balaban J connectivity index is 0.000000221. The summed E-state index contributed by atoms with van der Waals surface area (Å²) in [6.07, 6.45) is 0.179. The van der Waals surface area contributed by atoms with E-state index in [2.05, 4.69) is 30.8 Å². The van der Waals surface area contributed by atoms with Crippen molar-refractivity contribution in [3.8, 4) is 12.1 Å². The molecule has 0 unspecified atom stereocenters. The van der Waals surface area contributed by atoms with Crippen LogP contribution in [0.2, 0.25) is 0 Å². The van der Waals surface area contributed by atoms with Crippen LogP contribution in [0, 0.1) is 29.2 Å². The average molecular weight is 1360 g/mol. The van der Waals surface area contributed by atoms with Crippen LogP contribution in [0.1, 0.15) is 97.2 Å². The summed E-state index contributed by atoms with van der Waals surface area (Å²) < 4.78 is 15.7. The van der Waals surface area contributed by atoms with Crippen molar-refractivity contribution in [3.63, 3.8) is 0 Å². The Labute approximate surface area is 599 Å². The third kappa shape index (κ3) is 21.5. The third-order valence-corrected chi connectivity index (χ3v) is 15.2. The molecule has 22 nitrogen and oxygen atoms in total. The van der Waals surface area contributed by atoms with Crippen LogP contribution < -0.4 is 35.2 Å². The summed E-state index contributed by atoms with van der Waals surface area (Å²) in [5.41, 5.74) is 18.5. The number of ether oxygens (including phenoxy) is 2. The zero-order chi connectivity index (χ0) is 69.5. The van der Waals surface area contributed by atoms with Gasteiger partial charge in [-0.2, -0.15) is 25.8 Å². The molecular weight excluding hydrogens is 1300 g/mol. The number of para-hydroxylation sites is 3. The number of rotatable bonds is 19. The minimum Gasteiger partial charge on any atom is -0.870 e. The van der Waals surface area contributed by atoms with E-state index in [4.69, 9.17) is 49.0 Å². The molecule has 0 bridgehead atoms. The topological polar surface area (TPSA) is 327 Å². The molecule has 9 aromatic carbocycles. The van der Waals surface area contributed by atoms with Crippen LogP contribution in [0.3, 0.4) is 0 Å². The van der Waals surface area contributed by atoms with Gasteiger partial charge in [-0.15, -0.1) is 0 Å². The number of anilines is 3. The summed E-state index contributed by atoms with van der Waals surface area (Å²) in [6.45, 7) is 12.6. The SMILES string of the molecule is C.CCOC(=O)Cc1nn(Cc2ccc(N)cc2)c2ccccc12.CCOC(=O)Cc1nn(Cc2ccc(NC(=O)c3ccc(C#N)cc3)cc2)c2ccccc12.N#Cc1ccc(C(=O)Nc2ccc(Cn3nc(CC(=O)O)c4ccccc43)cc2)cc1.[C-]#[N+]c1ccc(C(=O)Cl)cc1.[Li+].[OH-]. The number of nitrogen functional groups attached to an aromatic ring is 1. The summed E-state index contributed by atoms with van der Waals surface area (Å²) in [5.74, 6) is -1.97. The molecular formula is C77H68ClLiN12O10. The number of carboxylic acids is 1. The number of carboxylic acid groups (broad SMARTS) is 1. The van der Waals surface area contributed by atoms with Crippen LogP contribution in [-0.4, -0.2) is 88.1 Å². The van der Waals surface area contributed by atoms with Gasteiger partial charge in [-0.25, -0.2) is 4.85 Å². The van der Waals surface area contributed by atoms with E-state index in [9.17, 15) is 28.8 Å². The molecule has 12 aromatic rings. The largest absolute Gasteiger partial charge is 1.00 e. The molecule has 0 spiro atoms. The van der Waals surface area contributed by atoms with Crippen molar-refractivity contribution < 1.29 is 67.7 Å². The second kappa shape index (κ2) is 37.9. The Morgan fingerprint density at radius 1 is 0.505 bits per heavy atom. The maximum absolute atomic E-state index is 12.4. The molecule has 0 atom stereocenters. The van der Waals surface area contributed by atoms with Gasteiger partial charge in [-0.1, -0.05) is 123 Å². The summed E-state index contributed by atoms with van der Waals surface area (Å²) in [5, 5.41) is 48.6. The average Bonchev–Trinajstić information content (AvgIpc) is 1.67. The Hall–Kier alpha value is -12.5. The first-order valence-electron chi connectivity index (χ1n) is 30.7. The van der Waals surface area contributed by atoms with Crippen molar-refractivity contribution in [3.05, 3.63) is 291 Å². The van der Waals surface area contributed by atoms with Crippen LogP contribution in [0.25, 0.3) is 37.6 Å². The Kier molecular flexibility index (Phi) is 29.1. The minimum absolute atomic E-state index is 0. The van der Waals surface area contributed by atoms with Crippen LogP contribution in [0.15, 0.2) is 218 Å². The molecule has 3 aromatic heterocycles. The van der Waals surface area contributed by atoms with E-state index >= 15 is 0 Å². The number of esters is 2. The van der Waals surface area contributed by atoms with E-state index in [0.29, 0.717) is 89.1 Å². The fourth-order valence-electron chi connectivity index (χ4n) is 10.2. The summed E-state index contributed by atoms with van der Waals surface area (Å²) in [4.78, 5) is 73.4. The van der Waals surface area contributed by atoms with Gasteiger partial charge in [-0.05, 0) is 145 Å². The molecule has 0 aliphatic carbocycles. The maximum atomic E-state index is 12.4. The summed E-state index contributed by atoms with van der Waals surface area (Å²) in [6, 6.07) is 69.0. The number of carbonyl (C=O) groups excluding carboxylic acids is 5. The number of nitrogens with zero attached hydrogens (tertiary/aromatic N) is 9. The minimum atomic E-state index is -0.919. The second-order valence-electron chi connectivity index (χ2n) is 21.8. The number of nitrogens with two attached hydrogens (primary N) is 1. The number of aliphatic carboxylic acids is 1. The fraction of sp³-hybridized carbons (Fsp3) is 0.143. The zero-order valence-electron chi connectivity index (χ0n) is 54.6. The molecule has 0 fully saturated rings.